The summed E-state index contributed by atoms with van der Waals surface area (Å²) in [5.41, 5.74) is 1.59. The third-order valence-electron chi connectivity index (χ3n) is 3.88. The van der Waals surface area contributed by atoms with Gasteiger partial charge in [0, 0.05) is 25.7 Å². The summed E-state index contributed by atoms with van der Waals surface area (Å²) in [6.45, 7) is 1.69. The molecule has 0 aliphatic carbocycles. The number of nitrogens with zero attached hydrogens (tertiary/aromatic N) is 1. The van der Waals surface area contributed by atoms with Gasteiger partial charge in [0.25, 0.3) is 0 Å². The van der Waals surface area contributed by atoms with Gasteiger partial charge in [0.1, 0.15) is 12.2 Å². The van der Waals surface area contributed by atoms with Gasteiger partial charge in [0.05, 0.1) is 18.8 Å². The summed E-state index contributed by atoms with van der Waals surface area (Å²) in [4.78, 5) is 12.7. The van der Waals surface area contributed by atoms with E-state index in [0.29, 0.717) is 12.2 Å². The van der Waals surface area contributed by atoms with Gasteiger partial charge in [-0.2, -0.15) is 0 Å². The van der Waals surface area contributed by atoms with E-state index < -0.39 is 24.4 Å². The molecule has 5 N–H and O–H groups in total. The zero-order valence-corrected chi connectivity index (χ0v) is 12.4. The number of piperidine rings is 1. The standard InChI is InChI=1S/C15H22N2O5/c1-9(19)16-11-4-2-10(3-5-11)6-17-7-13(20)15(22)14(21)12(17)8-18/h2-5,12-15,18,20-22H,6-8H2,1H3,(H,16,19). The molecule has 7 nitrogen and oxygen atoms in total. The highest BCUT2D eigenvalue weighted by Crippen LogP contribution is 2.21. The number of benzene rings is 1. The number of β-amino-alcohol motifs (C(OH)–C–C–N with tert-alkyl or cyclic N) is 1. The van der Waals surface area contributed by atoms with Gasteiger partial charge in [-0.1, -0.05) is 12.1 Å². The molecule has 1 aromatic rings. The van der Waals surface area contributed by atoms with Crippen LogP contribution in [0.15, 0.2) is 24.3 Å². The van der Waals surface area contributed by atoms with Gasteiger partial charge in [0.15, 0.2) is 0 Å². The number of hydrogen-bond acceptors (Lipinski definition) is 6. The minimum atomic E-state index is -1.25. The lowest BCUT2D eigenvalue weighted by atomic mass is 9.93. The predicted octanol–water partition coefficient (Wildman–Crippen LogP) is -1.10. The summed E-state index contributed by atoms with van der Waals surface area (Å²) in [5, 5.41) is 41.5. The number of carbonyl (C=O) groups excluding carboxylic acids is 1. The van der Waals surface area contributed by atoms with Crippen LogP contribution in [-0.2, 0) is 11.3 Å². The van der Waals surface area contributed by atoms with Crippen molar-refractivity contribution in [2.45, 2.75) is 37.8 Å². The summed E-state index contributed by atoms with van der Waals surface area (Å²) in [6.07, 6.45) is -3.51. The third kappa shape index (κ3) is 3.82. The van der Waals surface area contributed by atoms with E-state index in [0.717, 1.165) is 5.56 Å². The maximum absolute atomic E-state index is 11.0. The van der Waals surface area contributed by atoms with E-state index in [4.69, 9.17) is 0 Å². The molecule has 7 heteroatoms. The van der Waals surface area contributed by atoms with Crippen molar-refractivity contribution in [1.29, 1.82) is 0 Å². The fourth-order valence-electron chi connectivity index (χ4n) is 2.69. The first-order valence-electron chi connectivity index (χ1n) is 7.18. The maximum atomic E-state index is 11.0. The number of carbonyl (C=O) groups is 1. The van der Waals surface area contributed by atoms with Crippen molar-refractivity contribution in [1.82, 2.24) is 4.90 Å². The van der Waals surface area contributed by atoms with Gasteiger partial charge in [-0.15, -0.1) is 0 Å². The van der Waals surface area contributed by atoms with Crippen molar-refractivity contribution in [3.63, 3.8) is 0 Å². The Morgan fingerprint density at radius 2 is 1.86 bits per heavy atom. The Bertz CT molecular complexity index is 507. The fourth-order valence-corrected chi connectivity index (χ4v) is 2.69. The monoisotopic (exact) mass is 310 g/mol. The molecule has 2 rings (SSSR count). The molecule has 1 amide bonds. The Kier molecular flexibility index (Phi) is 5.49. The van der Waals surface area contributed by atoms with E-state index in [1.165, 1.54) is 6.92 Å². The number of aliphatic hydroxyl groups excluding tert-OH is 4. The quantitative estimate of drug-likeness (QED) is 0.483. The lowest BCUT2D eigenvalue weighted by Crippen LogP contribution is -2.62. The second-order valence-electron chi connectivity index (χ2n) is 5.61. The van der Waals surface area contributed by atoms with Crippen molar-refractivity contribution in [2.75, 3.05) is 18.5 Å². The summed E-state index contributed by atoms with van der Waals surface area (Å²) in [7, 11) is 0. The normalized spacial score (nSPS) is 29.3. The first kappa shape index (κ1) is 16.9. The van der Waals surface area contributed by atoms with Gasteiger partial charge in [-0.25, -0.2) is 0 Å². The van der Waals surface area contributed by atoms with E-state index in [1.807, 2.05) is 12.1 Å². The highest BCUT2D eigenvalue weighted by atomic mass is 16.4. The minimum absolute atomic E-state index is 0.149. The number of anilines is 1. The summed E-state index contributed by atoms with van der Waals surface area (Å²) < 4.78 is 0. The number of rotatable bonds is 4. The topological polar surface area (TPSA) is 113 Å². The summed E-state index contributed by atoms with van der Waals surface area (Å²) >= 11 is 0. The Labute approximate surface area is 128 Å². The fraction of sp³-hybridized carbons (Fsp3) is 0.533. The largest absolute Gasteiger partial charge is 0.395 e. The smallest absolute Gasteiger partial charge is 0.221 e. The van der Waals surface area contributed by atoms with Crippen molar-refractivity contribution < 1.29 is 25.2 Å². The average molecular weight is 310 g/mol. The number of nitrogens with one attached hydrogen (secondary N) is 1. The van der Waals surface area contributed by atoms with Crippen molar-refractivity contribution >= 4 is 11.6 Å². The molecule has 4 atom stereocenters. The molecule has 1 aliphatic rings. The van der Waals surface area contributed by atoms with E-state index in [9.17, 15) is 25.2 Å². The first-order chi connectivity index (χ1) is 10.4. The van der Waals surface area contributed by atoms with Gasteiger partial charge in [-0.05, 0) is 17.7 Å². The van der Waals surface area contributed by atoms with Crippen LogP contribution >= 0.6 is 0 Å². The Hall–Kier alpha value is -1.51. The molecule has 1 heterocycles. The summed E-state index contributed by atoms with van der Waals surface area (Å²) in [6, 6.07) is 6.54. The number of amides is 1. The van der Waals surface area contributed by atoms with Crippen LogP contribution in [0.1, 0.15) is 12.5 Å². The van der Waals surface area contributed by atoms with E-state index in [1.54, 1.807) is 17.0 Å². The van der Waals surface area contributed by atoms with Gasteiger partial charge in [-0.3, -0.25) is 9.69 Å². The van der Waals surface area contributed by atoms with Crippen LogP contribution < -0.4 is 5.32 Å². The second kappa shape index (κ2) is 7.17. The molecule has 1 fully saturated rings. The predicted molar refractivity (Wildman–Crippen MR) is 80.0 cm³/mol. The molecule has 22 heavy (non-hydrogen) atoms. The molecule has 0 spiro atoms. The summed E-state index contributed by atoms with van der Waals surface area (Å²) in [5.74, 6) is -0.149. The molecular formula is C15H22N2O5. The van der Waals surface area contributed by atoms with Crippen LogP contribution in [0.25, 0.3) is 0 Å². The highest BCUT2D eigenvalue weighted by Gasteiger charge is 2.40. The van der Waals surface area contributed by atoms with Gasteiger partial charge >= 0.3 is 0 Å². The molecule has 0 radical (unpaired) electrons. The van der Waals surface area contributed by atoms with Gasteiger partial charge < -0.3 is 25.7 Å². The third-order valence-corrected chi connectivity index (χ3v) is 3.88. The first-order valence-corrected chi connectivity index (χ1v) is 7.18. The van der Waals surface area contributed by atoms with E-state index in [-0.39, 0.29) is 19.1 Å². The van der Waals surface area contributed by atoms with Crippen molar-refractivity contribution in [3.8, 4) is 0 Å². The van der Waals surface area contributed by atoms with Crippen LogP contribution in [-0.4, -0.2) is 68.7 Å². The number of likely N-dealkylation sites (tertiary alicyclic amines) is 1. The van der Waals surface area contributed by atoms with E-state index >= 15 is 0 Å². The molecule has 1 saturated heterocycles. The lowest BCUT2D eigenvalue weighted by Gasteiger charge is -2.43. The molecule has 122 valence electrons. The molecule has 1 aromatic carbocycles. The SMILES string of the molecule is CC(=O)Nc1ccc(CN2CC(O)C(O)C(O)C2CO)cc1. The van der Waals surface area contributed by atoms with Crippen LogP contribution in [0.5, 0.6) is 0 Å². The van der Waals surface area contributed by atoms with Crippen LogP contribution in [0, 0.1) is 0 Å². The Morgan fingerprint density at radius 3 is 2.41 bits per heavy atom. The molecule has 0 saturated carbocycles. The molecule has 0 aromatic heterocycles. The maximum Gasteiger partial charge on any atom is 0.221 e. The molecular weight excluding hydrogens is 288 g/mol. The highest BCUT2D eigenvalue weighted by molar-refractivity contribution is 5.88. The lowest BCUT2D eigenvalue weighted by molar-refractivity contribution is -0.147. The zero-order valence-electron chi connectivity index (χ0n) is 12.4. The number of hydrogen-bond donors (Lipinski definition) is 5. The Morgan fingerprint density at radius 1 is 1.23 bits per heavy atom. The number of aliphatic hydroxyl groups is 4. The second-order valence-corrected chi connectivity index (χ2v) is 5.61. The Balaban J connectivity index is 2.06. The molecule has 4 unspecified atom stereocenters. The van der Waals surface area contributed by atoms with Crippen molar-refractivity contribution in [3.05, 3.63) is 29.8 Å². The minimum Gasteiger partial charge on any atom is -0.395 e. The van der Waals surface area contributed by atoms with Crippen LogP contribution in [0.3, 0.4) is 0 Å². The average Bonchev–Trinajstić information content (AvgIpc) is 2.47. The van der Waals surface area contributed by atoms with Crippen LogP contribution in [0.2, 0.25) is 0 Å². The van der Waals surface area contributed by atoms with Crippen LogP contribution in [0.4, 0.5) is 5.69 Å². The zero-order chi connectivity index (χ0) is 16.3. The molecule has 0 bridgehead atoms. The van der Waals surface area contributed by atoms with Gasteiger partial charge in [0.2, 0.25) is 5.91 Å². The molecule has 1 aliphatic heterocycles. The van der Waals surface area contributed by atoms with E-state index in [2.05, 4.69) is 5.32 Å². The van der Waals surface area contributed by atoms with Crippen molar-refractivity contribution in [2.24, 2.45) is 0 Å².